The Hall–Kier alpha value is -8.79. The Morgan fingerprint density at radius 2 is 0.614 bits per heavy atom. The number of nitrogens with zero attached hydrogens (tertiary/aromatic N) is 8. The van der Waals surface area contributed by atoms with E-state index in [1.54, 1.807) is 106 Å². The first-order chi connectivity index (χ1) is 63.1. The highest BCUT2D eigenvalue weighted by atomic mass is 35.5. The minimum Gasteiger partial charge on any atom is -0.360 e. The van der Waals surface area contributed by atoms with Gasteiger partial charge in [-0.15, -0.1) is 0 Å². The normalized spacial score (nSPS) is 16.2. The first kappa shape index (κ1) is 101. The van der Waals surface area contributed by atoms with Crippen LogP contribution < -0.4 is 40.9 Å². The summed E-state index contributed by atoms with van der Waals surface area (Å²) in [7, 11) is 0. The summed E-state index contributed by atoms with van der Waals surface area (Å²) in [5.41, 5.74) is 7.72. The molecule has 4 saturated heterocycles. The van der Waals surface area contributed by atoms with E-state index in [1.807, 2.05) is 132 Å². The minimum absolute atomic E-state index is 0.106. The minimum atomic E-state index is -4.88. The number of halogens is 21. The Morgan fingerprint density at radius 1 is 0.295 bits per heavy atom. The molecule has 132 heavy (non-hydrogen) atoms. The molecule has 37 heteroatoms. The molecule has 0 bridgehead atoms. The lowest BCUT2D eigenvalue weighted by molar-refractivity contribution is -0.139. The predicted octanol–water partition coefficient (Wildman–Crippen LogP) is 30.2. The Bertz CT molecular complexity index is 6110. The van der Waals surface area contributed by atoms with Crippen molar-refractivity contribution in [3.8, 4) is 0 Å². The SMILES string of the molecule is O=C(NCc1ccc(Cl)c(Cl)c1)N1CCN(c2ccc(Cl)cc2Cl)C(c2ccc(Cl)cc2)C1.O=C(NCc1ccc(Cl)cc1Cl)N1CCN(c2ccc(Cl)cc2Cl)C(c2ccc(Cl)cc2)C1.O=C(Nc1ccc(F)c(C(F)(F)F)c1)N1CCN(c2ccc(Cl)cc2Cl)C(c2ccc(Cl)cc2)C1.O=C(Nc1cccc(F)c1)N1CCN(c2ccc(Cl)cc2Cl)C(c2ccc(Cl)cc2)C1. The van der Waals surface area contributed by atoms with Gasteiger partial charge < -0.3 is 60.5 Å². The van der Waals surface area contributed by atoms with Crippen LogP contribution in [0.25, 0.3) is 0 Å². The summed E-state index contributed by atoms with van der Waals surface area (Å²) in [4.78, 5) is 67.2. The van der Waals surface area contributed by atoms with Gasteiger partial charge in [0.05, 0.1) is 82.6 Å². The topological polar surface area (TPSA) is 142 Å². The smallest absolute Gasteiger partial charge is 0.360 e. The van der Waals surface area contributed by atoms with Crippen molar-refractivity contribution in [2.24, 2.45) is 0 Å². The third-order valence-electron chi connectivity index (χ3n) is 22.0. The average Bonchev–Trinajstić information content (AvgIpc) is 0.798. The van der Waals surface area contributed by atoms with E-state index >= 15 is 0 Å². The van der Waals surface area contributed by atoms with Gasteiger partial charge in [0.15, 0.2) is 0 Å². The summed E-state index contributed by atoms with van der Waals surface area (Å²) in [5, 5.41) is 20.0. The summed E-state index contributed by atoms with van der Waals surface area (Å²) >= 11 is 98.9. The lowest BCUT2D eigenvalue weighted by Gasteiger charge is -2.43. The lowest BCUT2D eigenvalue weighted by Crippen LogP contribution is -2.53. The fourth-order valence-corrected chi connectivity index (χ4v) is 18.8. The number of rotatable bonds is 14. The van der Waals surface area contributed by atoms with Gasteiger partial charge in [0.1, 0.15) is 11.6 Å². The molecule has 12 aromatic carbocycles. The van der Waals surface area contributed by atoms with Crippen LogP contribution in [0.4, 0.5) is 75.3 Å². The maximum Gasteiger partial charge on any atom is 0.419 e. The van der Waals surface area contributed by atoms with Gasteiger partial charge in [-0.25, -0.2) is 28.0 Å². The Balaban J connectivity index is 0.000000150. The van der Waals surface area contributed by atoms with Crippen LogP contribution in [0.1, 0.15) is 63.1 Å². The summed E-state index contributed by atoms with van der Waals surface area (Å²) in [6.07, 6.45) is -4.88. The molecule has 4 N–H and O–H groups in total. The molecule has 4 aliphatic heterocycles. The van der Waals surface area contributed by atoms with Crippen LogP contribution in [0.15, 0.2) is 249 Å². The van der Waals surface area contributed by atoms with E-state index in [4.69, 9.17) is 186 Å². The Labute approximate surface area is 839 Å². The van der Waals surface area contributed by atoms with E-state index < -0.39 is 29.4 Å². The number of benzene rings is 12. The van der Waals surface area contributed by atoms with Gasteiger partial charge in [0.25, 0.3) is 0 Å². The van der Waals surface area contributed by atoms with E-state index in [-0.39, 0.29) is 61.0 Å². The average molecular weight is 2110 g/mol. The van der Waals surface area contributed by atoms with Gasteiger partial charge >= 0.3 is 30.3 Å². The van der Waals surface area contributed by atoms with Gasteiger partial charge in [-0.3, -0.25) is 0 Å². The van der Waals surface area contributed by atoms with Crippen LogP contribution in [0, 0.1) is 11.6 Å². The van der Waals surface area contributed by atoms with Crippen molar-refractivity contribution in [1.82, 2.24) is 30.2 Å². The highest BCUT2D eigenvalue weighted by Crippen LogP contribution is 2.44. The first-order valence-corrected chi connectivity index (χ1v) is 46.7. The van der Waals surface area contributed by atoms with Crippen LogP contribution >= 0.6 is 186 Å². The third kappa shape index (κ3) is 26.7. The van der Waals surface area contributed by atoms with Gasteiger partial charge in [0.2, 0.25) is 0 Å². The monoisotopic (exact) mass is 2100 g/mol. The van der Waals surface area contributed by atoms with E-state index in [9.17, 15) is 41.1 Å². The standard InChI is InChI=1S/2C24H20Cl5N3O.C24H18Cl3F4N3O.C23H19Cl3FN3O/c25-17-4-2-16(3-5-17)23-14-31(9-10-32(23)22-8-6-18(26)12-21(22)29)24(33)30-13-15-1-7-19(27)20(28)11-15;25-17-4-1-15(2-5-17)23-14-31(9-10-32(23)22-8-7-19(27)12-21(22)29)24(33)30-13-16-3-6-18(26)11-20(16)28;25-15-3-1-14(2-4-15)22-13-33(9-10-34(22)21-8-5-16(26)11-19(21)27)23(35)32-17-6-7-20(28)18(12-17)24(29,30)31;24-16-6-4-15(5-7-16)22-14-29(23(31)28-19-3-1-2-18(27)13-19)10-11-30(22)21-9-8-17(25)12-20(21)26/h2*1-8,11-12,23H,9-10,13-14H2,(H,30,33);1-8,11-12,22H,9-10,13H2,(H,32,35);1-9,12-13,22H,10-11,14H2,(H,28,31). The molecule has 0 spiro atoms. The molecular weight excluding hydrogens is 2040 g/mol. The Kier molecular flexibility index (Phi) is 35.2. The molecule has 0 aromatic heterocycles. The molecule has 4 heterocycles. The van der Waals surface area contributed by atoms with E-state index in [2.05, 4.69) is 36.0 Å². The molecule has 4 atom stereocenters. The molecular formula is C95H77Cl16F5N12O4. The lowest BCUT2D eigenvalue weighted by atomic mass is 10.0. The zero-order valence-electron chi connectivity index (χ0n) is 69.0. The van der Waals surface area contributed by atoms with Crippen molar-refractivity contribution in [2.45, 2.75) is 43.4 Å². The van der Waals surface area contributed by atoms with Gasteiger partial charge in [-0.1, -0.05) is 252 Å². The van der Waals surface area contributed by atoms with Crippen molar-refractivity contribution >= 4 is 244 Å². The van der Waals surface area contributed by atoms with E-state index in [0.29, 0.717) is 177 Å². The largest absolute Gasteiger partial charge is 0.419 e. The number of hydrogen-bond acceptors (Lipinski definition) is 8. The molecule has 0 saturated carbocycles. The van der Waals surface area contributed by atoms with Crippen LogP contribution in [-0.2, 0) is 19.3 Å². The number of nitrogens with one attached hydrogen (secondary N) is 4. The quantitative estimate of drug-likeness (QED) is 0.0789. The van der Waals surface area contributed by atoms with Gasteiger partial charge in [-0.05, 0) is 215 Å². The number of carbonyl (C=O) groups excluding carboxylic acids is 4. The van der Waals surface area contributed by atoms with Crippen molar-refractivity contribution in [1.29, 1.82) is 0 Å². The van der Waals surface area contributed by atoms with Crippen molar-refractivity contribution in [3.05, 3.63) is 380 Å². The highest BCUT2D eigenvalue weighted by Gasteiger charge is 2.39. The molecule has 4 unspecified atom stereocenters. The third-order valence-corrected chi connectivity index (χ3v) is 26.5. The molecule has 4 aliphatic rings. The highest BCUT2D eigenvalue weighted by molar-refractivity contribution is 6.42. The second-order valence-corrected chi connectivity index (χ2v) is 37.4. The van der Waals surface area contributed by atoms with Gasteiger partial charge in [0, 0.05) is 153 Å². The molecule has 16 nitrogen and oxygen atoms in total. The molecule has 16 rings (SSSR count). The number of urea groups is 4. The fraction of sp³-hybridized carbons (Fsp3) is 0.200. The zero-order valence-corrected chi connectivity index (χ0v) is 81.1. The maximum atomic E-state index is 13.6. The molecule has 12 aromatic rings. The molecule has 688 valence electrons. The van der Waals surface area contributed by atoms with Crippen LogP contribution in [0.5, 0.6) is 0 Å². The number of piperazine rings is 4. The van der Waals surface area contributed by atoms with Gasteiger partial charge in [-0.2, -0.15) is 13.2 Å². The van der Waals surface area contributed by atoms with E-state index in [1.165, 1.54) is 17.0 Å². The molecule has 0 aliphatic carbocycles. The number of carbonyl (C=O) groups is 4. The maximum absolute atomic E-state index is 13.6. The number of hydrogen-bond donors (Lipinski definition) is 4. The molecule has 8 amide bonds. The van der Waals surface area contributed by atoms with Crippen LogP contribution in [0.3, 0.4) is 0 Å². The van der Waals surface area contributed by atoms with Crippen LogP contribution in [0.2, 0.25) is 80.4 Å². The number of alkyl halides is 3. The van der Waals surface area contributed by atoms with Crippen molar-refractivity contribution in [3.63, 3.8) is 0 Å². The Morgan fingerprint density at radius 3 is 0.939 bits per heavy atom. The molecule has 4 fully saturated rings. The number of amides is 8. The second kappa shape index (κ2) is 46.2. The predicted molar refractivity (Wildman–Crippen MR) is 532 cm³/mol. The summed E-state index contributed by atoms with van der Waals surface area (Å²) in [5.74, 6) is -1.81. The summed E-state index contributed by atoms with van der Waals surface area (Å²) in [6, 6.07) is 68.2. The van der Waals surface area contributed by atoms with E-state index in [0.717, 1.165) is 62.2 Å². The van der Waals surface area contributed by atoms with Crippen LogP contribution in [-0.4, -0.2) is 122 Å². The fourth-order valence-electron chi connectivity index (χ4n) is 15.4. The first-order valence-electron chi connectivity index (χ1n) is 40.6. The molecule has 0 radical (unpaired) electrons. The van der Waals surface area contributed by atoms with Crippen molar-refractivity contribution in [2.75, 3.05) is 109 Å². The zero-order chi connectivity index (χ0) is 94.4. The van der Waals surface area contributed by atoms with Crippen molar-refractivity contribution < 1.29 is 41.1 Å². The second-order valence-electron chi connectivity index (χ2n) is 30.6. The number of anilines is 6. The summed E-state index contributed by atoms with van der Waals surface area (Å²) < 4.78 is 66.2. The summed E-state index contributed by atoms with van der Waals surface area (Å²) in [6.45, 7) is 6.21.